The maximum Gasteiger partial charge on any atom is 0.384 e. The Balaban J connectivity index is 5.52. The van der Waals surface area contributed by atoms with Crippen LogP contribution in [-0.2, 0) is 0 Å². The van der Waals surface area contributed by atoms with Crippen molar-refractivity contribution in [3.63, 3.8) is 0 Å². The van der Waals surface area contributed by atoms with Crippen LogP contribution in [0.3, 0.4) is 0 Å². The Hall–Kier alpha value is -0.960. The molecule has 0 saturated heterocycles. The number of hydrogen-bond donors (Lipinski definition) is 0. The number of rotatable bonds is 4. The van der Waals surface area contributed by atoms with Crippen LogP contribution < -0.4 is 0 Å². The third-order valence-corrected chi connectivity index (χ3v) is 1.48. The summed E-state index contributed by atoms with van der Waals surface area (Å²) < 4.78 is 119. The first-order valence-corrected chi connectivity index (χ1v) is 3.30. The van der Waals surface area contributed by atoms with Gasteiger partial charge in [0.25, 0.3) is 0 Å². The van der Waals surface area contributed by atoms with Crippen molar-refractivity contribution >= 4 is 0 Å². The lowest BCUT2D eigenvalue weighted by molar-refractivity contribution is -0.331. The molecule has 0 nitrogen and oxygen atoms in total. The minimum absolute atomic E-state index is 1.71. The summed E-state index contributed by atoms with van der Waals surface area (Å²) in [6.45, 7) is 0. The van der Waals surface area contributed by atoms with Crippen LogP contribution in [-0.4, -0.2) is 24.2 Å². The monoisotopic (exact) mass is 264 g/mol. The zero-order valence-electron chi connectivity index (χ0n) is 6.93. The molecule has 0 saturated carbocycles. The van der Waals surface area contributed by atoms with Crippen molar-refractivity contribution in [3.8, 4) is 0 Å². The summed E-state index contributed by atoms with van der Waals surface area (Å²) >= 11 is 0. The summed E-state index contributed by atoms with van der Waals surface area (Å²) in [6, 6.07) is 0. The van der Waals surface area contributed by atoms with Gasteiger partial charge in [0.05, 0.1) is 0 Å². The molecular formula is C6H2F10. The second-order valence-corrected chi connectivity index (χ2v) is 2.53. The Morgan fingerprint density at radius 1 is 0.938 bits per heavy atom. The van der Waals surface area contributed by atoms with Gasteiger partial charge >= 0.3 is 24.2 Å². The third-order valence-electron chi connectivity index (χ3n) is 1.48. The predicted octanol–water partition coefficient (Wildman–Crippen LogP) is 3.94. The lowest BCUT2D eigenvalue weighted by Gasteiger charge is -2.30. The maximum absolute atomic E-state index is 12.2. The highest BCUT2D eigenvalue weighted by Gasteiger charge is 2.77. The molecule has 0 radical (unpaired) electrons. The van der Waals surface area contributed by atoms with E-state index in [4.69, 9.17) is 0 Å². The molecular weight excluding hydrogens is 262 g/mol. The van der Waals surface area contributed by atoms with Crippen LogP contribution in [0.5, 0.6) is 0 Å². The van der Waals surface area contributed by atoms with Gasteiger partial charge in [0.1, 0.15) is 6.33 Å². The quantitative estimate of drug-likeness (QED) is 0.674. The highest BCUT2D eigenvalue weighted by molar-refractivity contribution is 5.12. The van der Waals surface area contributed by atoms with E-state index in [0.29, 0.717) is 0 Å². The molecule has 16 heavy (non-hydrogen) atoms. The van der Waals surface area contributed by atoms with Crippen LogP contribution in [0.4, 0.5) is 43.9 Å². The summed E-state index contributed by atoms with van der Waals surface area (Å²) in [6.07, 6.45) is -6.88. The molecule has 0 aliphatic rings. The number of halogens is 10. The van der Waals surface area contributed by atoms with Gasteiger partial charge < -0.3 is 0 Å². The van der Waals surface area contributed by atoms with Gasteiger partial charge in [-0.1, -0.05) is 0 Å². The number of hydrogen-bond acceptors (Lipinski definition) is 0. The lowest BCUT2D eigenvalue weighted by atomic mass is 10.0. The maximum atomic E-state index is 12.2. The number of allylic oxidation sites excluding steroid dienone is 1. The summed E-state index contributed by atoms with van der Waals surface area (Å²) in [5.74, 6) is -23.2. The van der Waals surface area contributed by atoms with E-state index in [1.807, 2.05) is 0 Å². The molecule has 0 unspecified atom stereocenters. The van der Waals surface area contributed by atoms with Gasteiger partial charge in [-0.15, -0.1) is 0 Å². The zero-order valence-corrected chi connectivity index (χ0v) is 6.93. The van der Waals surface area contributed by atoms with Crippen LogP contribution in [0, 0.1) is 0 Å². The third kappa shape index (κ3) is 1.96. The summed E-state index contributed by atoms with van der Waals surface area (Å²) in [5.41, 5.74) is 0. The van der Waals surface area contributed by atoms with Crippen LogP contribution in [0.25, 0.3) is 0 Å². The van der Waals surface area contributed by atoms with E-state index in [0.717, 1.165) is 0 Å². The highest BCUT2D eigenvalue weighted by Crippen LogP contribution is 2.51. The molecule has 0 N–H and O–H groups in total. The van der Waals surface area contributed by atoms with Crippen LogP contribution >= 0.6 is 0 Å². The molecule has 0 heterocycles. The first kappa shape index (κ1) is 15.0. The molecule has 0 fully saturated rings. The largest absolute Gasteiger partial charge is 0.384 e. The fraction of sp³-hybridized carbons (Fsp3) is 0.667. The van der Waals surface area contributed by atoms with E-state index in [1.165, 1.54) is 0 Å². The average Bonchev–Trinajstić information content (AvgIpc) is 2.15. The molecule has 0 atom stereocenters. The molecule has 0 rings (SSSR count). The van der Waals surface area contributed by atoms with Crippen molar-refractivity contribution in [2.75, 3.05) is 0 Å². The van der Waals surface area contributed by atoms with Crippen molar-refractivity contribution in [1.82, 2.24) is 0 Å². The average molecular weight is 264 g/mol. The molecule has 10 heteroatoms. The highest BCUT2D eigenvalue weighted by atomic mass is 19.4. The first-order valence-electron chi connectivity index (χ1n) is 3.30. The van der Waals surface area contributed by atoms with Gasteiger partial charge in [-0.3, -0.25) is 0 Å². The lowest BCUT2D eigenvalue weighted by Crippen LogP contribution is -2.57. The summed E-state index contributed by atoms with van der Waals surface area (Å²) in [7, 11) is 0. The van der Waals surface area contributed by atoms with Gasteiger partial charge in [-0.2, -0.15) is 26.3 Å². The zero-order chi connectivity index (χ0) is 13.4. The van der Waals surface area contributed by atoms with E-state index in [1.54, 1.807) is 0 Å². The summed E-state index contributed by atoms with van der Waals surface area (Å²) in [5, 5.41) is 0. The van der Waals surface area contributed by atoms with Gasteiger partial charge in [-0.05, 0) is 0 Å². The van der Waals surface area contributed by atoms with E-state index in [9.17, 15) is 43.9 Å². The molecule has 96 valence electrons. The first-order chi connectivity index (χ1) is 6.92. The Kier molecular flexibility index (Phi) is 3.88. The van der Waals surface area contributed by atoms with Crippen LogP contribution in [0.1, 0.15) is 0 Å². The minimum Gasteiger partial charge on any atom is -0.212 e. The standard InChI is InChI=1S/C6H2F10/c7-1-2(8)4(11,12)6(15,16)5(13,14)3(9)10/h1,3H. The van der Waals surface area contributed by atoms with Gasteiger partial charge in [-0.25, -0.2) is 17.6 Å². The minimum atomic E-state index is -6.76. The van der Waals surface area contributed by atoms with E-state index >= 15 is 0 Å². The molecule has 0 aliphatic heterocycles. The topological polar surface area (TPSA) is 0 Å². The van der Waals surface area contributed by atoms with E-state index in [2.05, 4.69) is 0 Å². The second-order valence-electron chi connectivity index (χ2n) is 2.53. The Labute approximate surface area is 81.5 Å². The van der Waals surface area contributed by atoms with Crippen LogP contribution in [0.15, 0.2) is 12.2 Å². The van der Waals surface area contributed by atoms with Gasteiger partial charge in [0.15, 0.2) is 0 Å². The van der Waals surface area contributed by atoms with E-state index < -0.39 is 36.3 Å². The second kappa shape index (κ2) is 4.13. The smallest absolute Gasteiger partial charge is 0.212 e. The molecule has 0 aromatic carbocycles. The Morgan fingerprint density at radius 3 is 1.56 bits per heavy atom. The number of alkyl halides is 8. The molecule has 0 aromatic rings. The fourth-order valence-electron chi connectivity index (χ4n) is 0.565. The van der Waals surface area contributed by atoms with E-state index in [-0.39, 0.29) is 0 Å². The van der Waals surface area contributed by atoms with Crippen molar-refractivity contribution < 1.29 is 43.9 Å². The van der Waals surface area contributed by atoms with Crippen molar-refractivity contribution in [2.45, 2.75) is 24.2 Å². The van der Waals surface area contributed by atoms with Gasteiger partial charge in [0, 0.05) is 0 Å². The molecule has 0 aliphatic carbocycles. The Morgan fingerprint density at radius 2 is 1.31 bits per heavy atom. The molecule has 0 spiro atoms. The Bertz CT molecular complexity index is 277. The van der Waals surface area contributed by atoms with Crippen molar-refractivity contribution in [2.24, 2.45) is 0 Å². The fourth-order valence-corrected chi connectivity index (χ4v) is 0.565. The molecule has 0 bridgehead atoms. The van der Waals surface area contributed by atoms with Crippen molar-refractivity contribution in [1.29, 1.82) is 0 Å². The van der Waals surface area contributed by atoms with Crippen LogP contribution in [0.2, 0.25) is 0 Å². The SMILES string of the molecule is FC=C(F)C(F)(F)C(F)(F)C(F)(F)C(F)F. The van der Waals surface area contributed by atoms with Gasteiger partial charge in [0.2, 0.25) is 5.83 Å². The molecule has 0 amide bonds. The van der Waals surface area contributed by atoms with Crippen molar-refractivity contribution in [3.05, 3.63) is 12.2 Å². The predicted molar refractivity (Wildman–Crippen MR) is 31.1 cm³/mol. The normalized spacial score (nSPS) is 15.8. The summed E-state index contributed by atoms with van der Waals surface area (Å²) in [4.78, 5) is 0. The molecule has 0 aromatic heterocycles.